The van der Waals surface area contributed by atoms with Gasteiger partial charge in [-0.2, -0.15) is 0 Å². The van der Waals surface area contributed by atoms with E-state index in [0.29, 0.717) is 10.7 Å². The normalized spacial score (nSPS) is 22.0. The maximum absolute atomic E-state index is 3.93. The molecule has 19 heavy (non-hydrogen) atoms. The SMILES string of the molecule is Cc1ccc(CC2CCc3ccccc3C2Br)cc1. The van der Waals surface area contributed by atoms with Crippen molar-refractivity contribution in [1.29, 1.82) is 0 Å². The highest BCUT2D eigenvalue weighted by Gasteiger charge is 2.27. The van der Waals surface area contributed by atoms with Gasteiger partial charge < -0.3 is 0 Å². The molecule has 1 aliphatic rings. The number of halogens is 1. The summed E-state index contributed by atoms with van der Waals surface area (Å²) in [5.41, 5.74) is 5.81. The number of hydrogen-bond donors (Lipinski definition) is 0. The van der Waals surface area contributed by atoms with E-state index in [1.807, 2.05) is 0 Å². The fourth-order valence-electron chi connectivity index (χ4n) is 3.00. The van der Waals surface area contributed by atoms with Crippen molar-refractivity contribution >= 4 is 15.9 Å². The lowest BCUT2D eigenvalue weighted by Crippen LogP contribution is -2.18. The van der Waals surface area contributed by atoms with Crippen LogP contribution in [0.15, 0.2) is 48.5 Å². The summed E-state index contributed by atoms with van der Waals surface area (Å²) >= 11 is 3.93. The quantitative estimate of drug-likeness (QED) is 0.665. The lowest BCUT2D eigenvalue weighted by atomic mass is 9.80. The first-order valence-electron chi connectivity index (χ1n) is 7.01. The van der Waals surface area contributed by atoms with E-state index in [2.05, 4.69) is 71.4 Å². The first-order chi connectivity index (χ1) is 9.24. The van der Waals surface area contributed by atoms with Crippen LogP contribution in [-0.4, -0.2) is 0 Å². The fourth-order valence-corrected chi connectivity index (χ4v) is 3.90. The number of rotatable bonds is 2. The van der Waals surface area contributed by atoms with Crippen molar-refractivity contribution in [2.45, 2.75) is 31.0 Å². The highest BCUT2D eigenvalue weighted by molar-refractivity contribution is 9.09. The number of benzene rings is 2. The van der Waals surface area contributed by atoms with Crippen molar-refractivity contribution in [3.05, 3.63) is 70.8 Å². The fraction of sp³-hybridized carbons (Fsp3) is 0.333. The van der Waals surface area contributed by atoms with Crippen LogP contribution in [0.2, 0.25) is 0 Å². The number of hydrogen-bond acceptors (Lipinski definition) is 0. The first kappa shape index (κ1) is 12.9. The van der Waals surface area contributed by atoms with Crippen molar-refractivity contribution in [2.75, 3.05) is 0 Å². The third kappa shape index (κ3) is 2.76. The summed E-state index contributed by atoms with van der Waals surface area (Å²) in [6.07, 6.45) is 3.67. The second-order valence-electron chi connectivity index (χ2n) is 5.59. The van der Waals surface area contributed by atoms with E-state index in [4.69, 9.17) is 0 Å². The summed E-state index contributed by atoms with van der Waals surface area (Å²) in [7, 11) is 0. The Balaban J connectivity index is 1.79. The lowest BCUT2D eigenvalue weighted by molar-refractivity contribution is 0.452. The predicted octanol–water partition coefficient (Wildman–Crippen LogP) is 5.24. The molecule has 0 radical (unpaired) electrons. The molecule has 2 atom stereocenters. The smallest absolute Gasteiger partial charge is 0.0429 e. The molecular weight excluding hydrogens is 296 g/mol. The summed E-state index contributed by atoms with van der Waals surface area (Å²) < 4.78 is 0. The average molecular weight is 315 g/mol. The topological polar surface area (TPSA) is 0 Å². The van der Waals surface area contributed by atoms with Crippen LogP contribution < -0.4 is 0 Å². The van der Waals surface area contributed by atoms with E-state index in [1.54, 1.807) is 0 Å². The van der Waals surface area contributed by atoms with Crippen LogP contribution in [0.3, 0.4) is 0 Å². The van der Waals surface area contributed by atoms with Gasteiger partial charge in [0, 0.05) is 4.83 Å². The summed E-state index contributed by atoms with van der Waals surface area (Å²) in [4.78, 5) is 0.499. The molecule has 98 valence electrons. The lowest BCUT2D eigenvalue weighted by Gasteiger charge is -2.30. The maximum Gasteiger partial charge on any atom is 0.0429 e. The van der Waals surface area contributed by atoms with Gasteiger partial charge in [-0.25, -0.2) is 0 Å². The summed E-state index contributed by atoms with van der Waals surface area (Å²) in [6.45, 7) is 2.15. The molecule has 0 bridgehead atoms. The minimum absolute atomic E-state index is 0.499. The van der Waals surface area contributed by atoms with Gasteiger partial charge in [-0.3, -0.25) is 0 Å². The molecule has 0 spiro atoms. The molecule has 0 saturated carbocycles. The number of alkyl halides is 1. The van der Waals surface area contributed by atoms with Gasteiger partial charge in [-0.1, -0.05) is 70.0 Å². The van der Waals surface area contributed by atoms with Crippen molar-refractivity contribution in [2.24, 2.45) is 5.92 Å². The molecular formula is C18H19Br. The molecule has 0 heterocycles. The van der Waals surface area contributed by atoms with Crippen molar-refractivity contribution < 1.29 is 0 Å². The van der Waals surface area contributed by atoms with Crippen molar-refractivity contribution in [1.82, 2.24) is 0 Å². The van der Waals surface area contributed by atoms with Gasteiger partial charge in [0.05, 0.1) is 0 Å². The minimum atomic E-state index is 0.499. The summed E-state index contributed by atoms with van der Waals surface area (Å²) in [6, 6.07) is 17.8. The van der Waals surface area contributed by atoms with E-state index in [1.165, 1.54) is 41.5 Å². The molecule has 0 saturated heterocycles. The van der Waals surface area contributed by atoms with Crippen LogP contribution in [-0.2, 0) is 12.8 Å². The molecule has 2 unspecified atom stereocenters. The Morgan fingerprint density at radius 3 is 2.58 bits per heavy atom. The molecule has 2 aromatic carbocycles. The van der Waals surface area contributed by atoms with E-state index < -0.39 is 0 Å². The second-order valence-corrected chi connectivity index (χ2v) is 6.58. The zero-order chi connectivity index (χ0) is 13.2. The molecule has 0 fully saturated rings. The highest BCUT2D eigenvalue weighted by Crippen LogP contribution is 2.41. The maximum atomic E-state index is 3.93. The Bertz CT molecular complexity index is 556. The number of aryl methyl sites for hydroxylation is 2. The van der Waals surface area contributed by atoms with E-state index in [-0.39, 0.29) is 0 Å². The van der Waals surface area contributed by atoms with Gasteiger partial charge in [-0.05, 0) is 48.8 Å². The van der Waals surface area contributed by atoms with Crippen LogP contribution in [0, 0.1) is 12.8 Å². The average Bonchev–Trinajstić information content (AvgIpc) is 2.45. The second kappa shape index (κ2) is 5.50. The van der Waals surface area contributed by atoms with Gasteiger partial charge in [0.2, 0.25) is 0 Å². The Kier molecular flexibility index (Phi) is 3.74. The molecule has 2 aromatic rings. The van der Waals surface area contributed by atoms with Crippen LogP contribution in [0.4, 0.5) is 0 Å². The third-order valence-corrected chi connectivity index (χ3v) is 5.41. The molecule has 0 N–H and O–H groups in total. The summed E-state index contributed by atoms with van der Waals surface area (Å²) in [5, 5.41) is 0. The van der Waals surface area contributed by atoms with E-state index in [0.717, 1.165) is 0 Å². The third-order valence-electron chi connectivity index (χ3n) is 4.17. The van der Waals surface area contributed by atoms with Crippen LogP contribution in [0.5, 0.6) is 0 Å². The monoisotopic (exact) mass is 314 g/mol. The Hall–Kier alpha value is -1.08. The summed E-state index contributed by atoms with van der Waals surface area (Å²) in [5.74, 6) is 0.706. The van der Waals surface area contributed by atoms with Gasteiger partial charge in [-0.15, -0.1) is 0 Å². The molecule has 1 aliphatic carbocycles. The molecule has 1 heteroatoms. The van der Waals surface area contributed by atoms with Crippen molar-refractivity contribution in [3.8, 4) is 0 Å². The first-order valence-corrected chi connectivity index (χ1v) is 7.93. The molecule has 0 amide bonds. The zero-order valence-corrected chi connectivity index (χ0v) is 12.9. The zero-order valence-electron chi connectivity index (χ0n) is 11.3. The predicted molar refractivity (Wildman–Crippen MR) is 84.8 cm³/mol. The number of fused-ring (bicyclic) bond motifs is 1. The van der Waals surface area contributed by atoms with Crippen LogP contribution in [0.1, 0.15) is 33.5 Å². The van der Waals surface area contributed by atoms with E-state index >= 15 is 0 Å². The van der Waals surface area contributed by atoms with Crippen LogP contribution >= 0.6 is 15.9 Å². The Labute approximate surface area is 124 Å². The van der Waals surface area contributed by atoms with E-state index in [9.17, 15) is 0 Å². The van der Waals surface area contributed by atoms with Crippen molar-refractivity contribution in [3.63, 3.8) is 0 Å². The molecule has 3 rings (SSSR count). The Morgan fingerprint density at radius 2 is 1.79 bits per heavy atom. The molecule has 0 aliphatic heterocycles. The molecule has 0 aromatic heterocycles. The van der Waals surface area contributed by atoms with Crippen LogP contribution in [0.25, 0.3) is 0 Å². The van der Waals surface area contributed by atoms with Gasteiger partial charge >= 0.3 is 0 Å². The highest BCUT2D eigenvalue weighted by atomic mass is 79.9. The Morgan fingerprint density at radius 1 is 1.05 bits per heavy atom. The van der Waals surface area contributed by atoms with Gasteiger partial charge in [0.1, 0.15) is 0 Å². The largest absolute Gasteiger partial charge is 0.0836 e. The van der Waals surface area contributed by atoms with Gasteiger partial charge in [0.25, 0.3) is 0 Å². The standard InChI is InChI=1S/C18H19Br/c1-13-6-8-14(9-7-13)12-16-11-10-15-4-2-3-5-17(15)18(16)19/h2-9,16,18H,10-12H2,1H3. The minimum Gasteiger partial charge on any atom is -0.0836 e. The van der Waals surface area contributed by atoms with Gasteiger partial charge in [0.15, 0.2) is 0 Å². The molecule has 0 nitrogen and oxygen atoms in total.